The second-order valence-corrected chi connectivity index (χ2v) is 8.66. The summed E-state index contributed by atoms with van der Waals surface area (Å²) < 4.78 is 1.38. The number of rotatable bonds is 3. The number of likely N-dealkylation sites (N-methyl/N-ethyl adjacent to an activating group) is 1. The van der Waals surface area contributed by atoms with E-state index in [4.69, 9.17) is 0 Å². The molecule has 5 rings (SSSR count). The molecule has 1 saturated carbocycles. The maximum absolute atomic E-state index is 3.53. The second-order valence-electron chi connectivity index (χ2n) is 7.71. The Balaban J connectivity index is 1.58. The highest BCUT2D eigenvalue weighted by Crippen LogP contribution is 2.46. The minimum atomic E-state index is 0.246. The molecule has 128 valence electrons. The van der Waals surface area contributed by atoms with Gasteiger partial charge in [0.1, 0.15) is 0 Å². The number of nitrogens with one attached hydrogen (secondary N) is 1. The predicted molar refractivity (Wildman–Crippen MR) is 106 cm³/mol. The lowest BCUT2D eigenvalue weighted by molar-refractivity contribution is 0.295. The minimum absolute atomic E-state index is 0.246. The molecule has 25 heavy (non-hydrogen) atoms. The summed E-state index contributed by atoms with van der Waals surface area (Å²) in [5.41, 5.74) is 6.18. The van der Waals surface area contributed by atoms with Gasteiger partial charge < -0.3 is 10.2 Å². The third kappa shape index (κ3) is 2.53. The van der Waals surface area contributed by atoms with Crippen LogP contribution in [-0.4, -0.2) is 25.5 Å². The molecule has 0 spiro atoms. The Morgan fingerprint density at radius 3 is 2.80 bits per heavy atom. The molecule has 3 aromatic rings. The summed E-state index contributed by atoms with van der Waals surface area (Å²) in [5, 5.41) is 7.10. The first-order chi connectivity index (χ1) is 12.2. The van der Waals surface area contributed by atoms with E-state index in [0.29, 0.717) is 5.92 Å². The average Bonchev–Trinajstić information content (AvgIpc) is 3.30. The summed E-state index contributed by atoms with van der Waals surface area (Å²) in [5.74, 6) is 0.469. The van der Waals surface area contributed by atoms with E-state index in [1.807, 2.05) is 11.3 Å². The number of thiophene rings is 1. The molecule has 1 atom stereocenters. The summed E-state index contributed by atoms with van der Waals surface area (Å²) in [7, 11) is 4.34. The van der Waals surface area contributed by atoms with Crippen molar-refractivity contribution in [2.75, 3.05) is 20.6 Å². The molecule has 0 amide bonds. The van der Waals surface area contributed by atoms with Gasteiger partial charge in [-0.15, -0.1) is 11.3 Å². The minimum Gasteiger partial charge on any atom is -0.310 e. The first kappa shape index (κ1) is 15.6. The molecule has 0 saturated heterocycles. The highest BCUT2D eigenvalue weighted by molar-refractivity contribution is 7.17. The lowest BCUT2D eigenvalue weighted by Crippen LogP contribution is -2.32. The van der Waals surface area contributed by atoms with E-state index >= 15 is 0 Å². The number of fused-ring (bicyclic) bond motifs is 2. The Bertz CT molecular complexity index is 938. The van der Waals surface area contributed by atoms with Crippen LogP contribution in [0.15, 0.2) is 47.8 Å². The Morgan fingerprint density at radius 2 is 2.00 bits per heavy atom. The Morgan fingerprint density at radius 1 is 1.12 bits per heavy atom. The van der Waals surface area contributed by atoms with Crippen LogP contribution in [0.5, 0.6) is 0 Å². The first-order valence-electron chi connectivity index (χ1n) is 9.16. The van der Waals surface area contributed by atoms with Crippen molar-refractivity contribution in [3.8, 4) is 0 Å². The van der Waals surface area contributed by atoms with Gasteiger partial charge in [0.05, 0.1) is 0 Å². The van der Waals surface area contributed by atoms with Crippen LogP contribution in [0, 0.1) is 0 Å². The van der Waals surface area contributed by atoms with Crippen molar-refractivity contribution in [2.24, 2.45) is 0 Å². The maximum atomic E-state index is 3.53. The third-order valence-corrected chi connectivity index (χ3v) is 7.01. The van der Waals surface area contributed by atoms with E-state index in [-0.39, 0.29) is 5.54 Å². The van der Waals surface area contributed by atoms with Crippen LogP contribution >= 0.6 is 11.3 Å². The normalized spacial score (nSPS) is 22.1. The summed E-state index contributed by atoms with van der Waals surface area (Å²) in [6.45, 7) is 2.15. The molecule has 2 heterocycles. The van der Waals surface area contributed by atoms with Crippen LogP contribution in [0.3, 0.4) is 0 Å². The number of nitrogens with zero attached hydrogens (tertiary/aromatic N) is 1. The van der Waals surface area contributed by atoms with Gasteiger partial charge in [0.15, 0.2) is 0 Å². The van der Waals surface area contributed by atoms with Gasteiger partial charge in [-0.25, -0.2) is 0 Å². The molecule has 2 aliphatic rings. The molecule has 1 N–H and O–H groups in total. The quantitative estimate of drug-likeness (QED) is 0.739. The zero-order chi connectivity index (χ0) is 17.0. The molecular weight excluding hydrogens is 324 g/mol. The standard InChI is InChI=1S/C22H24N2S/c1-23-22(8-9-22)18-4-5-19-17(12-18)13-24(2)14-20(19)15-3-6-21-16(11-15)7-10-25-21/h3-7,10-12,20,23H,8-9,13-14H2,1-2H3. The zero-order valence-electron chi connectivity index (χ0n) is 14.9. The Hall–Kier alpha value is -1.68. The van der Waals surface area contributed by atoms with Gasteiger partial charge in [0.2, 0.25) is 0 Å². The second kappa shape index (κ2) is 5.66. The van der Waals surface area contributed by atoms with Gasteiger partial charge in [-0.3, -0.25) is 0 Å². The van der Waals surface area contributed by atoms with Crippen molar-refractivity contribution in [3.05, 3.63) is 70.1 Å². The zero-order valence-corrected chi connectivity index (χ0v) is 15.7. The van der Waals surface area contributed by atoms with Gasteiger partial charge in [0, 0.05) is 29.2 Å². The molecule has 2 nitrogen and oxygen atoms in total. The van der Waals surface area contributed by atoms with Gasteiger partial charge >= 0.3 is 0 Å². The van der Waals surface area contributed by atoms with Crippen molar-refractivity contribution in [3.63, 3.8) is 0 Å². The van der Waals surface area contributed by atoms with Gasteiger partial charge in [-0.1, -0.05) is 24.3 Å². The van der Waals surface area contributed by atoms with Gasteiger partial charge in [-0.2, -0.15) is 0 Å². The fourth-order valence-electron chi connectivity index (χ4n) is 4.44. The molecule has 3 heteroatoms. The number of hydrogen-bond donors (Lipinski definition) is 1. The molecule has 0 bridgehead atoms. The average molecular weight is 349 g/mol. The summed E-state index contributed by atoms with van der Waals surface area (Å²) in [4.78, 5) is 2.47. The van der Waals surface area contributed by atoms with Crippen LogP contribution in [0.2, 0.25) is 0 Å². The highest BCUT2D eigenvalue weighted by Gasteiger charge is 2.43. The van der Waals surface area contributed by atoms with E-state index in [1.54, 1.807) is 0 Å². The third-order valence-electron chi connectivity index (χ3n) is 6.11. The van der Waals surface area contributed by atoms with Gasteiger partial charge in [-0.05, 0) is 78.2 Å². The SMILES string of the molecule is CNC1(c2ccc3c(c2)CN(C)CC3c2ccc3sccc3c2)CC1. The van der Waals surface area contributed by atoms with Gasteiger partial charge in [0.25, 0.3) is 0 Å². The molecule has 1 unspecified atom stereocenters. The molecule has 1 aromatic heterocycles. The summed E-state index contributed by atoms with van der Waals surface area (Å²) in [6, 6.07) is 16.5. The topological polar surface area (TPSA) is 15.3 Å². The Labute approximate surface area is 153 Å². The summed E-state index contributed by atoms with van der Waals surface area (Å²) in [6.07, 6.45) is 2.52. The summed E-state index contributed by atoms with van der Waals surface area (Å²) >= 11 is 1.83. The lowest BCUT2D eigenvalue weighted by Gasteiger charge is -2.33. The van der Waals surface area contributed by atoms with E-state index in [9.17, 15) is 0 Å². The van der Waals surface area contributed by atoms with Crippen molar-refractivity contribution >= 4 is 21.4 Å². The number of benzene rings is 2. The van der Waals surface area contributed by atoms with Crippen molar-refractivity contribution in [1.29, 1.82) is 0 Å². The Kier molecular flexibility index (Phi) is 3.53. The fourth-order valence-corrected chi connectivity index (χ4v) is 5.21. The van der Waals surface area contributed by atoms with Crippen LogP contribution in [0.1, 0.15) is 41.0 Å². The van der Waals surface area contributed by atoms with Crippen LogP contribution in [-0.2, 0) is 12.1 Å². The van der Waals surface area contributed by atoms with E-state index < -0.39 is 0 Å². The smallest absolute Gasteiger partial charge is 0.0433 e. The molecule has 1 aliphatic carbocycles. The largest absolute Gasteiger partial charge is 0.310 e. The van der Waals surface area contributed by atoms with Crippen LogP contribution in [0.4, 0.5) is 0 Å². The lowest BCUT2D eigenvalue weighted by atomic mass is 9.83. The first-order valence-corrected chi connectivity index (χ1v) is 10.0. The monoisotopic (exact) mass is 348 g/mol. The number of hydrogen-bond acceptors (Lipinski definition) is 3. The molecule has 0 radical (unpaired) electrons. The molecule has 1 fully saturated rings. The van der Waals surface area contributed by atoms with E-state index in [2.05, 4.69) is 72.2 Å². The van der Waals surface area contributed by atoms with Crippen molar-refractivity contribution in [1.82, 2.24) is 10.2 Å². The van der Waals surface area contributed by atoms with Crippen molar-refractivity contribution < 1.29 is 0 Å². The van der Waals surface area contributed by atoms with Crippen LogP contribution in [0.25, 0.3) is 10.1 Å². The fraction of sp³-hybridized carbons (Fsp3) is 0.364. The van der Waals surface area contributed by atoms with Crippen LogP contribution < -0.4 is 5.32 Å². The maximum Gasteiger partial charge on any atom is 0.0433 e. The molecule has 1 aliphatic heterocycles. The highest BCUT2D eigenvalue weighted by atomic mass is 32.1. The van der Waals surface area contributed by atoms with E-state index in [0.717, 1.165) is 13.1 Å². The van der Waals surface area contributed by atoms with E-state index in [1.165, 1.54) is 45.2 Å². The molecular formula is C22H24N2S. The predicted octanol–water partition coefficient (Wildman–Crippen LogP) is 4.69. The molecule has 2 aromatic carbocycles. The van der Waals surface area contributed by atoms with Crippen molar-refractivity contribution in [2.45, 2.75) is 30.8 Å².